The van der Waals surface area contributed by atoms with E-state index in [-0.39, 0.29) is 24.5 Å². The lowest BCUT2D eigenvalue weighted by Crippen LogP contribution is -2.59. The quantitative estimate of drug-likeness (QED) is 0.152. The van der Waals surface area contributed by atoms with E-state index in [4.69, 9.17) is 5.73 Å². The van der Waals surface area contributed by atoms with Crippen LogP contribution in [0.2, 0.25) is 0 Å². The van der Waals surface area contributed by atoms with Gasteiger partial charge in [0.15, 0.2) is 6.04 Å². The number of aromatic nitrogens is 2. The maximum absolute atomic E-state index is 13.4. The average Bonchev–Trinajstić information content (AvgIpc) is 3.39. The van der Waals surface area contributed by atoms with Gasteiger partial charge in [-0.05, 0) is 30.5 Å². The van der Waals surface area contributed by atoms with Crippen molar-refractivity contribution in [2.24, 2.45) is 11.7 Å². The zero-order chi connectivity index (χ0) is 28.4. The van der Waals surface area contributed by atoms with Crippen molar-refractivity contribution >= 4 is 23.7 Å². The first-order valence-electron chi connectivity index (χ1n) is 12.3. The summed E-state index contributed by atoms with van der Waals surface area (Å²) in [4.78, 5) is 57.6. The zero-order valence-corrected chi connectivity index (χ0v) is 21.5. The number of phenolic OH excluding ortho intramolecular Hbond substituents is 1. The predicted molar refractivity (Wildman–Crippen MR) is 137 cm³/mol. The Balaban J connectivity index is 2.31. The molecule has 0 saturated carbocycles. The number of carboxylic acids is 1. The van der Waals surface area contributed by atoms with E-state index in [1.165, 1.54) is 31.6 Å². The molecule has 6 unspecified atom stereocenters. The number of amides is 3. The number of carboxylic acid groups (broad SMARTS) is 1. The van der Waals surface area contributed by atoms with E-state index in [9.17, 15) is 34.5 Å². The standard InChI is InChI=1S/C25H36N6O7/c1-4-13(2)20(26)24(36)30-19(10-16-11-27-12-28-16)22(34)29-18(9-15-5-7-17(33)8-6-15)23(35)31-21(14(3)32)25(37)38/h5-8,11-14,18-21,32-33H,4,9-10,26H2,1-3H3,(H,27,28)(H,29,34)(H,30,36)(H,31,35)(H,37,38). The summed E-state index contributed by atoms with van der Waals surface area (Å²) in [5.41, 5.74) is 7.14. The summed E-state index contributed by atoms with van der Waals surface area (Å²) in [5, 5.41) is 36.2. The lowest BCUT2D eigenvalue weighted by Gasteiger charge is -2.26. The van der Waals surface area contributed by atoms with Gasteiger partial charge in [0.05, 0.1) is 18.5 Å². The molecule has 0 radical (unpaired) electrons. The Labute approximate surface area is 220 Å². The average molecular weight is 533 g/mol. The molecule has 0 aliphatic carbocycles. The van der Waals surface area contributed by atoms with Crippen molar-refractivity contribution in [1.82, 2.24) is 25.9 Å². The molecule has 13 heteroatoms. The second kappa shape index (κ2) is 14.1. The number of nitrogens with two attached hydrogens (primary N) is 1. The molecule has 6 atom stereocenters. The van der Waals surface area contributed by atoms with Crippen LogP contribution in [0.1, 0.15) is 38.4 Å². The van der Waals surface area contributed by atoms with Crippen LogP contribution < -0.4 is 21.7 Å². The molecule has 38 heavy (non-hydrogen) atoms. The van der Waals surface area contributed by atoms with Crippen molar-refractivity contribution in [2.45, 2.75) is 70.3 Å². The largest absolute Gasteiger partial charge is 0.508 e. The molecule has 1 aromatic carbocycles. The highest BCUT2D eigenvalue weighted by Crippen LogP contribution is 2.13. The number of carbonyl (C=O) groups is 4. The molecule has 0 fully saturated rings. The summed E-state index contributed by atoms with van der Waals surface area (Å²) in [7, 11) is 0. The number of hydrogen-bond acceptors (Lipinski definition) is 8. The summed E-state index contributed by atoms with van der Waals surface area (Å²) in [6.45, 7) is 4.91. The van der Waals surface area contributed by atoms with Gasteiger partial charge in [0, 0.05) is 24.7 Å². The van der Waals surface area contributed by atoms with Crippen LogP contribution >= 0.6 is 0 Å². The number of hydrogen-bond donors (Lipinski definition) is 8. The van der Waals surface area contributed by atoms with Gasteiger partial charge in [-0.3, -0.25) is 14.4 Å². The molecule has 2 aromatic rings. The van der Waals surface area contributed by atoms with Gasteiger partial charge in [-0.2, -0.15) is 0 Å². The lowest BCUT2D eigenvalue weighted by molar-refractivity contribution is -0.145. The van der Waals surface area contributed by atoms with Crippen LogP contribution in [-0.4, -0.2) is 79.2 Å². The number of carbonyl (C=O) groups excluding carboxylic acids is 3. The molecule has 0 spiro atoms. The number of nitrogens with zero attached hydrogens (tertiary/aromatic N) is 1. The van der Waals surface area contributed by atoms with Crippen molar-refractivity contribution in [1.29, 1.82) is 0 Å². The summed E-state index contributed by atoms with van der Waals surface area (Å²) in [6.07, 6.45) is 2.10. The molecular weight excluding hydrogens is 496 g/mol. The van der Waals surface area contributed by atoms with E-state index in [0.29, 0.717) is 17.7 Å². The zero-order valence-electron chi connectivity index (χ0n) is 21.5. The number of phenols is 1. The molecule has 1 heterocycles. The van der Waals surface area contributed by atoms with Crippen molar-refractivity contribution in [3.05, 3.63) is 48.0 Å². The molecule has 0 aliphatic rings. The topological polar surface area (TPSA) is 220 Å². The van der Waals surface area contributed by atoms with Crippen molar-refractivity contribution < 1.29 is 34.5 Å². The van der Waals surface area contributed by atoms with Crippen LogP contribution in [0, 0.1) is 5.92 Å². The number of aliphatic hydroxyl groups excluding tert-OH is 1. The second-order valence-corrected chi connectivity index (χ2v) is 9.25. The maximum Gasteiger partial charge on any atom is 0.328 e. The Morgan fingerprint density at radius 3 is 2.08 bits per heavy atom. The number of imidazole rings is 1. The molecule has 0 bridgehead atoms. The first-order chi connectivity index (χ1) is 17.9. The fourth-order valence-corrected chi connectivity index (χ4v) is 3.60. The van der Waals surface area contributed by atoms with Crippen LogP contribution in [0.5, 0.6) is 5.75 Å². The van der Waals surface area contributed by atoms with Crippen LogP contribution in [0.4, 0.5) is 0 Å². The predicted octanol–water partition coefficient (Wildman–Crippen LogP) is -0.806. The number of H-pyrrole nitrogens is 1. The second-order valence-electron chi connectivity index (χ2n) is 9.25. The third-order valence-electron chi connectivity index (χ3n) is 6.23. The minimum Gasteiger partial charge on any atom is -0.508 e. The molecule has 13 nitrogen and oxygen atoms in total. The fraction of sp³-hybridized carbons (Fsp3) is 0.480. The van der Waals surface area contributed by atoms with Gasteiger partial charge in [-0.1, -0.05) is 32.4 Å². The Morgan fingerprint density at radius 1 is 0.974 bits per heavy atom. The molecule has 0 aliphatic heterocycles. The van der Waals surface area contributed by atoms with Crippen LogP contribution in [0.25, 0.3) is 0 Å². The minimum atomic E-state index is -1.62. The smallest absolute Gasteiger partial charge is 0.328 e. The van der Waals surface area contributed by atoms with Crippen molar-refractivity contribution in [2.75, 3.05) is 0 Å². The fourth-order valence-electron chi connectivity index (χ4n) is 3.60. The number of nitrogens with one attached hydrogen (secondary N) is 4. The summed E-state index contributed by atoms with van der Waals surface area (Å²) < 4.78 is 0. The van der Waals surface area contributed by atoms with Crippen molar-refractivity contribution in [3.8, 4) is 5.75 Å². The van der Waals surface area contributed by atoms with E-state index in [1.54, 1.807) is 12.1 Å². The molecule has 208 valence electrons. The number of aromatic hydroxyl groups is 1. The van der Waals surface area contributed by atoms with Crippen LogP contribution in [0.3, 0.4) is 0 Å². The van der Waals surface area contributed by atoms with Crippen LogP contribution in [-0.2, 0) is 32.0 Å². The number of aromatic amines is 1. The number of aliphatic carboxylic acids is 1. The molecule has 0 saturated heterocycles. The Hall–Kier alpha value is -3.97. The van der Waals surface area contributed by atoms with Gasteiger partial charge in [-0.15, -0.1) is 0 Å². The maximum atomic E-state index is 13.4. The number of benzene rings is 1. The van der Waals surface area contributed by atoms with Gasteiger partial charge in [-0.25, -0.2) is 9.78 Å². The third kappa shape index (κ3) is 8.85. The lowest BCUT2D eigenvalue weighted by atomic mass is 9.98. The normalized spacial score (nSPS) is 15.8. The van der Waals surface area contributed by atoms with Gasteiger partial charge in [0.2, 0.25) is 17.7 Å². The van der Waals surface area contributed by atoms with Gasteiger partial charge in [0.25, 0.3) is 0 Å². The van der Waals surface area contributed by atoms with Gasteiger partial charge < -0.3 is 42.0 Å². The molecule has 1 aromatic heterocycles. The van der Waals surface area contributed by atoms with E-state index >= 15 is 0 Å². The monoisotopic (exact) mass is 532 g/mol. The van der Waals surface area contributed by atoms with E-state index in [1.807, 2.05) is 13.8 Å². The molecular formula is C25H36N6O7. The molecule has 3 amide bonds. The number of rotatable bonds is 14. The van der Waals surface area contributed by atoms with E-state index in [0.717, 1.165) is 0 Å². The van der Waals surface area contributed by atoms with Gasteiger partial charge in [0.1, 0.15) is 17.8 Å². The third-order valence-corrected chi connectivity index (χ3v) is 6.23. The van der Waals surface area contributed by atoms with E-state index < -0.39 is 54.0 Å². The Morgan fingerprint density at radius 2 is 1.55 bits per heavy atom. The van der Waals surface area contributed by atoms with Crippen LogP contribution in [0.15, 0.2) is 36.8 Å². The van der Waals surface area contributed by atoms with Crippen molar-refractivity contribution in [3.63, 3.8) is 0 Å². The SMILES string of the molecule is CCC(C)C(N)C(=O)NC(Cc1cnc[nH]1)C(=O)NC(Cc1ccc(O)cc1)C(=O)NC(C(=O)O)C(C)O. The molecule has 9 N–H and O–H groups in total. The summed E-state index contributed by atoms with van der Waals surface area (Å²) >= 11 is 0. The first kappa shape index (κ1) is 30.3. The highest BCUT2D eigenvalue weighted by molar-refractivity contribution is 5.94. The highest BCUT2D eigenvalue weighted by atomic mass is 16.4. The minimum absolute atomic E-state index is 0.00110. The number of aliphatic hydroxyl groups is 1. The summed E-state index contributed by atoms with van der Waals surface area (Å²) in [5.74, 6) is -3.72. The Kier molecular flexibility index (Phi) is 11.2. The van der Waals surface area contributed by atoms with E-state index in [2.05, 4.69) is 25.9 Å². The highest BCUT2D eigenvalue weighted by Gasteiger charge is 2.32. The Bertz CT molecular complexity index is 1070. The van der Waals surface area contributed by atoms with Gasteiger partial charge >= 0.3 is 5.97 Å². The summed E-state index contributed by atoms with van der Waals surface area (Å²) in [6, 6.07) is 0.989. The molecule has 2 rings (SSSR count). The first-order valence-corrected chi connectivity index (χ1v) is 12.3.